The number of carbonyl (C=O) groups excluding carboxylic acids is 1. The molecule has 5 nitrogen and oxygen atoms in total. The lowest BCUT2D eigenvalue weighted by Gasteiger charge is -2.46. The summed E-state index contributed by atoms with van der Waals surface area (Å²) in [7, 11) is 0. The lowest BCUT2D eigenvalue weighted by molar-refractivity contribution is -0.0101. The van der Waals surface area contributed by atoms with Crippen LogP contribution in [0.2, 0.25) is 0 Å². The first-order valence-electron chi connectivity index (χ1n) is 10.2. The SMILES string of the molecule is CC(C)(C)OC(=O)N1CCC2(Cc3cccc(F)c3C2)CC1CC(C)(C)[S@+](N)[O-]. The van der Waals surface area contributed by atoms with Crippen LogP contribution in [-0.2, 0) is 28.9 Å². The molecule has 7 heteroatoms. The van der Waals surface area contributed by atoms with Gasteiger partial charge in [0, 0.05) is 30.4 Å². The van der Waals surface area contributed by atoms with Gasteiger partial charge in [-0.15, -0.1) is 0 Å². The molecule has 3 atom stereocenters. The van der Waals surface area contributed by atoms with Gasteiger partial charge in [0.25, 0.3) is 0 Å². The number of rotatable bonds is 3. The molecule has 1 spiro atoms. The predicted octanol–water partition coefficient (Wildman–Crippen LogP) is 4.10. The van der Waals surface area contributed by atoms with Crippen LogP contribution in [0.1, 0.15) is 65.0 Å². The van der Waals surface area contributed by atoms with Crippen LogP contribution >= 0.6 is 0 Å². The maximum atomic E-state index is 14.4. The Hall–Kier alpha value is -1.31. The zero-order chi connectivity index (χ0) is 21.6. The van der Waals surface area contributed by atoms with Gasteiger partial charge in [-0.3, -0.25) is 0 Å². The van der Waals surface area contributed by atoms with E-state index < -0.39 is 21.7 Å². The normalized spacial score (nSPS) is 25.8. The average molecular weight is 425 g/mol. The molecule has 1 aliphatic carbocycles. The summed E-state index contributed by atoms with van der Waals surface area (Å²) in [4.78, 5) is 14.7. The van der Waals surface area contributed by atoms with Gasteiger partial charge in [-0.25, -0.2) is 9.18 Å². The first kappa shape index (κ1) is 22.4. The molecule has 1 saturated heterocycles. The van der Waals surface area contributed by atoms with Crippen molar-refractivity contribution < 1.29 is 18.5 Å². The summed E-state index contributed by atoms with van der Waals surface area (Å²) in [5, 5.41) is 5.73. The molecule has 1 amide bonds. The molecule has 1 fully saturated rings. The maximum Gasteiger partial charge on any atom is 0.410 e. The van der Waals surface area contributed by atoms with Gasteiger partial charge in [-0.2, -0.15) is 5.14 Å². The quantitative estimate of drug-likeness (QED) is 0.741. The topological polar surface area (TPSA) is 78.6 Å². The molecule has 1 heterocycles. The van der Waals surface area contributed by atoms with Gasteiger partial charge in [-0.05, 0) is 82.9 Å². The predicted molar refractivity (Wildman–Crippen MR) is 113 cm³/mol. The zero-order valence-electron chi connectivity index (χ0n) is 18.1. The van der Waals surface area contributed by atoms with Crippen LogP contribution < -0.4 is 5.14 Å². The first-order valence-corrected chi connectivity index (χ1v) is 11.5. The molecule has 0 bridgehead atoms. The van der Waals surface area contributed by atoms with E-state index in [-0.39, 0.29) is 23.4 Å². The lowest BCUT2D eigenvalue weighted by atomic mass is 9.71. The fourth-order valence-electron chi connectivity index (χ4n) is 4.77. The number of hydrogen-bond acceptors (Lipinski definition) is 4. The van der Waals surface area contributed by atoms with Crippen molar-refractivity contribution in [1.29, 1.82) is 0 Å². The van der Waals surface area contributed by atoms with Gasteiger partial charge in [0.15, 0.2) is 0 Å². The molecule has 1 aromatic carbocycles. The number of fused-ring (bicyclic) bond motifs is 1. The molecule has 3 rings (SSSR count). The molecular formula is C22H33FN2O3S. The Balaban J connectivity index is 1.85. The van der Waals surface area contributed by atoms with E-state index >= 15 is 0 Å². The number of piperidine rings is 1. The van der Waals surface area contributed by atoms with E-state index in [1.54, 1.807) is 11.0 Å². The Labute approximate surface area is 176 Å². The number of ether oxygens (including phenoxy) is 1. The largest absolute Gasteiger partial charge is 0.598 e. The molecule has 0 saturated carbocycles. The van der Waals surface area contributed by atoms with Crippen molar-refractivity contribution in [3.05, 3.63) is 35.1 Å². The van der Waals surface area contributed by atoms with Crippen LogP contribution in [0.3, 0.4) is 0 Å². The Morgan fingerprint density at radius 2 is 2.03 bits per heavy atom. The van der Waals surface area contributed by atoms with E-state index in [1.165, 1.54) is 6.07 Å². The van der Waals surface area contributed by atoms with E-state index in [0.29, 0.717) is 19.4 Å². The maximum absolute atomic E-state index is 14.4. The van der Waals surface area contributed by atoms with E-state index in [9.17, 15) is 13.7 Å². The number of carbonyl (C=O) groups is 1. The van der Waals surface area contributed by atoms with Crippen molar-refractivity contribution in [2.45, 2.75) is 83.1 Å². The van der Waals surface area contributed by atoms with Gasteiger partial charge < -0.3 is 14.2 Å². The van der Waals surface area contributed by atoms with E-state index in [4.69, 9.17) is 9.88 Å². The third-order valence-corrected chi connectivity index (χ3v) is 7.48. The summed E-state index contributed by atoms with van der Waals surface area (Å²) in [5.41, 5.74) is 1.20. The molecule has 2 unspecified atom stereocenters. The minimum absolute atomic E-state index is 0.0835. The highest BCUT2D eigenvalue weighted by Crippen LogP contribution is 2.48. The first-order chi connectivity index (χ1) is 13.3. The van der Waals surface area contributed by atoms with Crippen molar-refractivity contribution in [1.82, 2.24) is 4.90 Å². The molecule has 162 valence electrons. The third-order valence-electron chi connectivity index (χ3n) is 6.23. The summed E-state index contributed by atoms with van der Waals surface area (Å²) < 4.78 is 31.4. The number of benzene rings is 1. The van der Waals surface area contributed by atoms with E-state index in [1.807, 2.05) is 40.7 Å². The summed E-state index contributed by atoms with van der Waals surface area (Å²) in [6.07, 6.45) is 3.17. The Morgan fingerprint density at radius 3 is 2.62 bits per heavy atom. The Bertz CT molecular complexity index is 778. The molecule has 1 aromatic rings. The monoisotopic (exact) mass is 424 g/mol. The standard InChI is InChI=1S/C22H33FN2O3S/c1-20(2,3)28-19(26)25-10-9-22(13-16(25)12-21(4,5)29(24)27)11-15-7-6-8-18(23)17(15)14-22/h6-8,16H,9-14,24H2,1-5H3/t16?,22?,29-/m1/s1. The van der Waals surface area contributed by atoms with Gasteiger partial charge >= 0.3 is 6.09 Å². The molecular weight excluding hydrogens is 391 g/mol. The van der Waals surface area contributed by atoms with Crippen molar-refractivity contribution in [2.75, 3.05) is 6.54 Å². The van der Waals surface area contributed by atoms with E-state index in [2.05, 4.69) is 0 Å². The second kappa shape index (κ2) is 7.75. The number of nitrogens with two attached hydrogens (primary N) is 1. The van der Waals surface area contributed by atoms with Crippen LogP contribution in [0.5, 0.6) is 0 Å². The van der Waals surface area contributed by atoms with Gasteiger partial charge in [0.1, 0.15) is 16.2 Å². The highest BCUT2D eigenvalue weighted by molar-refractivity contribution is 7.90. The molecule has 0 aromatic heterocycles. The highest BCUT2D eigenvalue weighted by Gasteiger charge is 2.48. The van der Waals surface area contributed by atoms with Gasteiger partial charge in [-0.1, -0.05) is 12.1 Å². The number of amides is 1. The number of hydrogen-bond donors (Lipinski definition) is 1. The second-order valence-electron chi connectivity index (χ2n) is 10.3. The summed E-state index contributed by atoms with van der Waals surface area (Å²) in [5.74, 6) is -0.145. The second-order valence-corrected chi connectivity index (χ2v) is 12.0. The van der Waals surface area contributed by atoms with Gasteiger partial charge in [0.05, 0.1) is 0 Å². The molecule has 0 radical (unpaired) electrons. The number of likely N-dealkylation sites (tertiary alicyclic amines) is 1. The minimum Gasteiger partial charge on any atom is -0.598 e. The Kier molecular flexibility index (Phi) is 5.98. The average Bonchev–Trinajstić information content (AvgIpc) is 2.92. The van der Waals surface area contributed by atoms with Gasteiger partial charge in [0.2, 0.25) is 0 Å². The van der Waals surface area contributed by atoms with Crippen LogP contribution in [0.15, 0.2) is 18.2 Å². The van der Waals surface area contributed by atoms with Crippen molar-refractivity contribution in [3.63, 3.8) is 0 Å². The number of nitrogens with zero attached hydrogens (tertiary/aromatic N) is 1. The molecule has 2 aliphatic rings. The summed E-state index contributed by atoms with van der Waals surface area (Å²) in [6, 6.07) is 5.13. The molecule has 1 aliphatic heterocycles. The zero-order valence-corrected chi connectivity index (χ0v) is 18.9. The summed E-state index contributed by atoms with van der Waals surface area (Å²) >= 11 is -1.52. The third kappa shape index (κ3) is 4.89. The van der Waals surface area contributed by atoms with Crippen molar-refractivity contribution >= 4 is 17.5 Å². The molecule has 29 heavy (non-hydrogen) atoms. The number of halogens is 1. The summed E-state index contributed by atoms with van der Waals surface area (Å²) in [6.45, 7) is 9.81. The smallest absolute Gasteiger partial charge is 0.410 e. The fourth-order valence-corrected chi connectivity index (χ4v) is 5.13. The Morgan fingerprint density at radius 1 is 1.34 bits per heavy atom. The van der Waals surface area contributed by atoms with Crippen molar-refractivity contribution in [2.24, 2.45) is 10.6 Å². The molecule has 2 N–H and O–H groups in total. The highest BCUT2D eigenvalue weighted by atomic mass is 32.2. The van der Waals surface area contributed by atoms with Crippen LogP contribution in [0.4, 0.5) is 9.18 Å². The van der Waals surface area contributed by atoms with Crippen LogP contribution in [-0.4, -0.2) is 38.5 Å². The lowest BCUT2D eigenvalue weighted by Crippen LogP contribution is -2.54. The van der Waals surface area contributed by atoms with Crippen LogP contribution in [0.25, 0.3) is 0 Å². The van der Waals surface area contributed by atoms with E-state index in [0.717, 1.165) is 30.4 Å². The fraction of sp³-hybridized carbons (Fsp3) is 0.682. The van der Waals surface area contributed by atoms with Crippen LogP contribution in [0, 0.1) is 11.2 Å². The minimum atomic E-state index is -1.52. The van der Waals surface area contributed by atoms with Crippen molar-refractivity contribution in [3.8, 4) is 0 Å².